The molecule has 2 rings (SSSR count). The normalized spacial score (nSPS) is 12.7. The quantitative estimate of drug-likeness (QED) is 0.673. The largest absolute Gasteiger partial charge is 0.272 e. The molecule has 0 saturated heterocycles. The molecular weight excluding hydrogens is 279 g/mol. The second kappa shape index (κ2) is 5.91. The number of nitrogens with two attached hydrogens (primary N) is 1. The van der Waals surface area contributed by atoms with Gasteiger partial charge in [-0.1, -0.05) is 17.7 Å². The van der Waals surface area contributed by atoms with E-state index in [0.29, 0.717) is 6.42 Å². The van der Waals surface area contributed by atoms with Crippen LogP contribution in [0.5, 0.6) is 0 Å². The van der Waals surface area contributed by atoms with Crippen molar-refractivity contribution in [3.8, 4) is 0 Å². The molecule has 2 aromatic rings. The lowest BCUT2D eigenvalue weighted by Crippen LogP contribution is -2.30. The van der Waals surface area contributed by atoms with Crippen molar-refractivity contribution in [1.82, 2.24) is 15.2 Å². The van der Waals surface area contributed by atoms with Gasteiger partial charge in [0.1, 0.15) is 5.82 Å². The van der Waals surface area contributed by atoms with E-state index in [9.17, 15) is 4.39 Å². The van der Waals surface area contributed by atoms with E-state index in [-0.39, 0.29) is 11.1 Å². The van der Waals surface area contributed by atoms with E-state index in [1.165, 1.54) is 6.07 Å². The van der Waals surface area contributed by atoms with Gasteiger partial charge in [-0.25, -0.2) is 4.39 Å². The molecule has 108 valence electrons. The van der Waals surface area contributed by atoms with Crippen molar-refractivity contribution in [3.63, 3.8) is 0 Å². The van der Waals surface area contributed by atoms with Crippen LogP contribution in [-0.2, 0) is 13.5 Å². The van der Waals surface area contributed by atoms with Gasteiger partial charge < -0.3 is 0 Å². The topological polar surface area (TPSA) is 55.9 Å². The first-order chi connectivity index (χ1) is 9.43. The Morgan fingerprint density at radius 1 is 1.45 bits per heavy atom. The number of aromatic nitrogens is 2. The van der Waals surface area contributed by atoms with Crippen LogP contribution in [0.3, 0.4) is 0 Å². The second-order valence-corrected chi connectivity index (χ2v) is 5.29. The molecule has 3 N–H and O–H groups in total. The first-order valence-electron chi connectivity index (χ1n) is 6.34. The zero-order chi connectivity index (χ0) is 14.9. The maximum atomic E-state index is 13.2. The van der Waals surface area contributed by atoms with Gasteiger partial charge in [0.25, 0.3) is 0 Å². The van der Waals surface area contributed by atoms with E-state index in [4.69, 9.17) is 17.4 Å². The number of aryl methyl sites for hydroxylation is 2. The smallest absolute Gasteiger partial charge is 0.141 e. The molecule has 1 aromatic heterocycles. The molecule has 1 unspecified atom stereocenters. The average Bonchev–Trinajstić information content (AvgIpc) is 2.65. The predicted octanol–water partition coefficient (Wildman–Crippen LogP) is 2.58. The van der Waals surface area contributed by atoms with E-state index in [2.05, 4.69) is 10.5 Å². The molecule has 0 aliphatic carbocycles. The van der Waals surface area contributed by atoms with Gasteiger partial charge in [-0.05, 0) is 38.0 Å². The minimum Gasteiger partial charge on any atom is -0.272 e. The Kier molecular flexibility index (Phi) is 4.42. The van der Waals surface area contributed by atoms with E-state index in [1.54, 1.807) is 12.1 Å². The van der Waals surface area contributed by atoms with Crippen LogP contribution in [-0.4, -0.2) is 9.78 Å². The average molecular weight is 297 g/mol. The minimum absolute atomic E-state index is 0.0924. The van der Waals surface area contributed by atoms with Crippen molar-refractivity contribution < 1.29 is 4.39 Å². The van der Waals surface area contributed by atoms with Crippen molar-refractivity contribution in [2.75, 3.05) is 0 Å². The highest BCUT2D eigenvalue weighted by Gasteiger charge is 2.19. The monoisotopic (exact) mass is 296 g/mol. The molecule has 0 fully saturated rings. The molecule has 6 heteroatoms. The van der Waals surface area contributed by atoms with Crippen LogP contribution in [0, 0.1) is 19.7 Å². The SMILES string of the molecule is Cc1nn(C)c(C)c1C(Cc1ccc(F)c(Cl)c1)NN. The molecule has 0 amide bonds. The number of hydrogen-bond acceptors (Lipinski definition) is 3. The van der Waals surface area contributed by atoms with Crippen LogP contribution >= 0.6 is 11.6 Å². The Morgan fingerprint density at radius 3 is 2.65 bits per heavy atom. The third kappa shape index (κ3) is 2.85. The van der Waals surface area contributed by atoms with E-state index in [1.807, 2.05) is 25.6 Å². The fourth-order valence-corrected chi connectivity index (χ4v) is 2.64. The molecule has 0 radical (unpaired) electrons. The number of nitrogens with zero attached hydrogens (tertiary/aromatic N) is 2. The number of hydrazine groups is 1. The summed E-state index contributed by atoms with van der Waals surface area (Å²) in [5.41, 5.74) is 6.78. The molecule has 4 nitrogen and oxygen atoms in total. The predicted molar refractivity (Wildman–Crippen MR) is 77.9 cm³/mol. The summed E-state index contributed by atoms with van der Waals surface area (Å²) in [6, 6.07) is 4.62. The summed E-state index contributed by atoms with van der Waals surface area (Å²) >= 11 is 5.81. The number of rotatable bonds is 4. The molecule has 1 aromatic carbocycles. The molecule has 1 heterocycles. The Morgan fingerprint density at radius 2 is 2.15 bits per heavy atom. The number of benzene rings is 1. The van der Waals surface area contributed by atoms with Crippen molar-refractivity contribution in [1.29, 1.82) is 0 Å². The third-order valence-electron chi connectivity index (χ3n) is 3.54. The van der Waals surface area contributed by atoms with E-state index >= 15 is 0 Å². The molecule has 20 heavy (non-hydrogen) atoms. The molecule has 0 saturated carbocycles. The first kappa shape index (κ1) is 15.0. The standard InChI is InChI=1S/C14H18ClFN4/c1-8-14(9(2)20(3)19-8)13(18-17)7-10-4-5-12(16)11(15)6-10/h4-6,13,18H,7,17H2,1-3H3. The summed E-state index contributed by atoms with van der Waals surface area (Å²) < 4.78 is 15.0. The molecular formula is C14H18ClFN4. The minimum atomic E-state index is -0.415. The lowest BCUT2D eigenvalue weighted by molar-refractivity contribution is 0.545. The van der Waals surface area contributed by atoms with Crippen molar-refractivity contribution in [2.45, 2.75) is 26.3 Å². The van der Waals surface area contributed by atoms with Crippen LogP contribution in [0.15, 0.2) is 18.2 Å². The van der Waals surface area contributed by atoms with Gasteiger partial charge in [-0.15, -0.1) is 0 Å². The van der Waals surface area contributed by atoms with E-state index < -0.39 is 5.82 Å². The van der Waals surface area contributed by atoms with Gasteiger partial charge in [0.15, 0.2) is 0 Å². The lowest BCUT2D eigenvalue weighted by atomic mass is 9.98. The fourth-order valence-electron chi connectivity index (χ4n) is 2.44. The highest BCUT2D eigenvalue weighted by atomic mass is 35.5. The maximum absolute atomic E-state index is 13.2. The zero-order valence-corrected chi connectivity index (χ0v) is 12.5. The summed E-state index contributed by atoms with van der Waals surface area (Å²) in [6.45, 7) is 3.95. The van der Waals surface area contributed by atoms with Gasteiger partial charge in [-0.3, -0.25) is 16.0 Å². The van der Waals surface area contributed by atoms with Crippen LogP contribution in [0.2, 0.25) is 5.02 Å². The molecule has 0 spiro atoms. The highest BCUT2D eigenvalue weighted by Crippen LogP contribution is 2.25. The van der Waals surface area contributed by atoms with Gasteiger partial charge in [0, 0.05) is 18.3 Å². The summed E-state index contributed by atoms with van der Waals surface area (Å²) in [7, 11) is 1.90. The van der Waals surface area contributed by atoms with Crippen LogP contribution in [0.25, 0.3) is 0 Å². The van der Waals surface area contributed by atoms with Gasteiger partial charge in [-0.2, -0.15) is 5.10 Å². The van der Waals surface area contributed by atoms with Crippen LogP contribution in [0.1, 0.15) is 28.6 Å². The Bertz CT molecular complexity index is 624. The second-order valence-electron chi connectivity index (χ2n) is 4.88. The van der Waals surface area contributed by atoms with Crippen molar-refractivity contribution in [3.05, 3.63) is 51.6 Å². The van der Waals surface area contributed by atoms with Crippen LogP contribution < -0.4 is 11.3 Å². The van der Waals surface area contributed by atoms with Crippen LogP contribution in [0.4, 0.5) is 4.39 Å². The van der Waals surface area contributed by atoms with Gasteiger partial charge in [0.2, 0.25) is 0 Å². The maximum Gasteiger partial charge on any atom is 0.141 e. The van der Waals surface area contributed by atoms with Gasteiger partial charge >= 0.3 is 0 Å². The van der Waals surface area contributed by atoms with Crippen molar-refractivity contribution in [2.24, 2.45) is 12.9 Å². The highest BCUT2D eigenvalue weighted by molar-refractivity contribution is 6.30. The lowest BCUT2D eigenvalue weighted by Gasteiger charge is -2.17. The molecule has 0 aliphatic heterocycles. The number of halogens is 2. The van der Waals surface area contributed by atoms with E-state index in [0.717, 1.165) is 22.5 Å². The Hall–Kier alpha value is -1.43. The molecule has 0 aliphatic rings. The number of hydrogen-bond donors (Lipinski definition) is 2. The summed E-state index contributed by atoms with van der Waals surface area (Å²) in [5, 5.41) is 4.51. The summed E-state index contributed by atoms with van der Waals surface area (Å²) in [5.74, 6) is 5.26. The molecule has 0 bridgehead atoms. The Balaban J connectivity index is 2.31. The number of nitrogens with one attached hydrogen (secondary N) is 1. The third-order valence-corrected chi connectivity index (χ3v) is 3.83. The Labute approximate surface area is 122 Å². The molecule has 1 atom stereocenters. The van der Waals surface area contributed by atoms with Gasteiger partial charge in [0.05, 0.1) is 16.8 Å². The summed E-state index contributed by atoms with van der Waals surface area (Å²) in [4.78, 5) is 0. The van der Waals surface area contributed by atoms with Crippen molar-refractivity contribution >= 4 is 11.6 Å². The summed E-state index contributed by atoms with van der Waals surface area (Å²) in [6.07, 6.45) is 0.615. The zero-order valence-electron chi connectivity index (χ0n) is 11.7. The first-order valence-corrected chi connectivity index (χ1v) is 6.72. The fraction of sp³-hybridized carbons (Fsp3) is 0.357.